The van der Waals surface area contributed by atoms with Crippen LogP contribution in [0.1, 0.15) is 48.0 Å². The van der Waals surface area contributed by atoms with E-state index >= 15 is 0 Å². The lowest BCUT2D eigenvalue weighted by Crippen LogP contribution is -2.51. The van der Waals surface area contributed by atoms with E-state index in [1.807, 2.05) is 25.1 Å². The van der Waals surface area contributed by atoms with Gasteiger partial charge in [-0.05, 0) is 76.0 Å². The Hall–Kier alpha value is -1.30. The molecule has 152 valence electrons. The number of nitrogens with zero attached hydrogens (tertiary/aromatic N) is 2. The Balaban J connectivity index is 0.00000261. The zero-order chi connectivity index (χ0) is 18.4. The molecule has 0 saturated carbocycles. The van der Waals surface area contributed by atoms with Crippen molar-refractivity contribution < 1.29 is 9.53 Å². The summed E-state index contributed by atoms with van der Waals surface area (Å²) in [6.07, 6.45) is 6.15. The van der Waals surface area contributed by atoms with Crippen LogP contribution in [-0.2, 0) is 0 Å². The van der Waals surface area contributed by atoms with Gasteiger partial charge in [0, 0.05) is 31.2 Å². The van der Waals surface area contributed by atoms with Crippen molar-refractivity contribution in [1.29, 1.82) is 0 Å². The first kappa shape index (κ1) is 22.0. The van der Waals surface area contributed by atoms with E-state index in [1.54, 1.807) is 7.11 Å². The molecule has 5 nitrogen and oxygen atoms in total. The number of likely N-dealkylation sites (tertiary alicyclic amines) is 1. The number of hydrogen-bond donors (Lipinski definition) is 1. The van der Waals surface area contributed by atoms with Gasteiger partial charge in [0.05, 0.1) is 7.11 Å². The van der Waals surface area contributed by atoms with Crippen molar-refractivity contribution in [2.24, 2.45) is 0 Å². The number of ether oxygens (including phenoxy) is 1. The Morgan fingerprint density at radius 2 is 2.04 bits per heavy atom. The molecule has 0 bridgehead atoms. The Labute approximate surface area is 169 Å². The molecule has 1 amide bonds. The maximum Gasteiger partial charge on any atom is 0.254 e. The van der Waals surface area contributed by atoms with Crippen LogP contribution in [0.4, 0.5) is 0 Å². The summed E-state index contributed by atoms with van der Waals surface area (Å²) < 4.78 is 5.29. The molecule has 6 heteroatoms. The van der Waals surface area contributed by atoms with E-state index in [0.29, 0.717) is 6.04 Å². The predicted molar refractivity (Wildman–Crippen MR) is 112 cm³/mol. The fourth-order valence-electron chi connectivity index (χ4n) is 4.14. The van der Waals surface area contributed by atoms with Crippen LogP contribution in [-0.4, -0.2) is 68.1 Å². The van der Waals surface area contributed by atoms with Crippen LogP contribution in [0.2, 0.25) is 0 Å². The van der Waals surface area contributed by atoms with Crippen LogP contribution >= 0.6 is 12.4 Å². The smallest absolute Gasteiger partial charge is 0.254 e. The minimum Gasteiger partial charge on any atom is -0.497 e. The van der Waals surface area contributed by atoms with Crippen LogP contribution in [0, 0.1) is 6.92 Å². The van der Waals surface area contributed by atoms with Gasteiger partial charge in [-0.15, -0.1) is 12.4 Å². The molecule has 1 atom stereocenters. The molecule has 0 spiro atoms. The van der Waals surface area contributed by atoms with Gasteiger partial charge in [-0.1, -0.05) is 6.42 Å². The monoisotopic (exact) mass is 395 g/mol. The summed E-state index contributed by atoms with van der Waals surface area (Å²) in [5.74, 6) is 0.967. The van der Waals surface area contributed by atoms with E-state index in [0.717, 1.165) is 55.9 Å². The number of aryl methyl sites for hydroxylation is 1. The molecule has 0 aliphatic carbocycles. The quantitative estimate of drug-likeness (QED) is 0.803. The molecule has 0 radical (unpaired) electrons. The number of halogens is 1. The summed E-state index contributed by atoms with van der Waals surface area (Å²) >= 11 is 0. The number of rotatable bonds is 6. The van der Waals surface area contributed by atoms with Crippen molar-refractivity contribution in [3.8, 4) is 5.75 Å². The van der Waals surface area contributed by atoms with Crippen LogP contribution < -0.4 is 10.1 Å². The number of nitrogens with one attached hydrogen (secondary N) is 1. The fourth-order valence-corrected chi connectivity index (χ4v) is 4.14. The maximum absolute atomic E-state index is 13.4. The molecule has 2 aliphatic rings. The van der Waals surface area contributed by atoms with Gasteiger partial charge in [0.1, 0.15) is 5.75 Å². The third kappa shape index (κ3) is 5.84. The molecule has 3 rings (SSSR count). The van der Waals surface area contributed by atoms with E-state index in [1.165, 1.54) is 32.4 Å². The van der Waals surface area contributed by atoms with Crippen molar-refractivity contribution in [2.45, 2.75) is 45.1 Å². The average Bonchev–Trinajstić information content (AvgIpc) is 2.69. The third-order valence-electron chi connectivity index (χ3n) is 5.74. The highest BCUT2D eigenvalue weighted by Gasteiger charge is 2.27. The van der Waals surface area contributed by atoms with Gasteiger partial charge < -0.3 is 19.9 Å². The van der Waals surface area contributed by atoms with Crippen molar-refractivity contribution in [3.63, 3.8) is 0 Å². The second kappa shape index (κ2) is 10.9. The topological polar surface area (TPSA) is 44.8 Å². The largest absolute Gasteiger partial charge is 0.497 e. The van der Waals surface area contributed by atoms with Gasteiger partial charge in [0.15, 0.2) is 0 Å². The second-order valence-corrected chi connectivity index (χ2v) is 7.58. The molecule has 2 saturated heterocycles. The van der Waals surface area contributed by atoms with Crippen LogP contribution in [0.25, 0.3) is 0 Å². The lowest BCUT2D eigenvalue weighted by Gasteiger charge is -2.37. The summed E-state index contributed by atoms with van der Waals surface area (Å²) in [6, 6.07) is 6.06. The zero-order valence-corrected chi connectivity index (χ0v) is 17.5. The molecule has 27 heavy (non-hydrogen) atoms. The summed E-state index contributed by atoms with van der Waals surface area (Å²) in [5.41, 5.74) is 1.79. The Bertz CT molecular complexity index is 599. The fraction of sp³-hybridized carbons (Fsp3) is 0.667. The van der Waals surface area contributed by atoms with E-state index < -0.39 is 0 Å². The summed E-state index contributed by atoms with van der Waals surface area (Å²) in [5, 5.41) is 3.46. The highest BCUT2D eigenvalue weighted by Crippen LogP contribution is 2.21. The number of carbonyl (C=O) groups is 1. The van der Waals surface area contributed by atoms with Gasteiger partial charge in [0.25, 0.3) is 5.91 Å². The summed E-state index contributed by atoms with van der Waals surface area (Å²) in [6.45, 7) is 8.11. The normalized spacial score (nSPS) is 20.6. The van der Waals surface area contributed by atoms with Crippen LogP contribution in [0.3, 0.4) is 0 Å². The number of carbonyl (C=O) groups excluding carboxylic acids is 1. The lowest BCUT2D eigenvalue weighted by atomic mass is 10.0. The summed E-state index contributed by atoms with van der Waals surface area (Å²) in [7, 11) is 1.66. The highest BCUT2D eigenvalue weighted by atomic mass is 35.5. The van der Waals surface area contributed by atoms with E-state index in [9.17, 15) is 4.79 Å². The molecule has 0 aromatic heterocycles. The van der Waals surface area contributed by atoms with E-state index in [-0.39, 0.29) is 18.3 Å². The van der Waals surface area contributed by atoms with Gasteiger partial charge >= 0.3 is 0 Å². The first-order valence-corrected chi connectivity index (χ1v) is 10.1. The Morgan fingerprint density at radius 3 is 2.67 bits per heavy atom. The standard InChI is InChI=1S/C21H33N3O2.ClH/c1-17-15-19(26-2)8-9-20(17)21(25)24(18-7-6-10-22-16-18)14-13-23-11-4-3-5-12-23;/h8-9,15,18,22H,3-7,10-14,16H2,1-2H3;1H. The molecule has 1 unspecified atom stereocenters. The minimum absolute atomic E-state index is 0. The second-order valence-electron chi connectivity index (χ2n) is 7.58. The first-order chi connectivity index (χ1) is 12.7. The van der Waals surface area contributed by atoms with Gasteiger partial charge in [-0.25, -0.2) is 0 Å². The number of amides is 1. The molecule has 1 N–H and O–H groups in total. The molecule has 1 aromatic carbocycles. The van der Waals surface area contributed by atoms with Crippen molar-refractivity contribution in [1.82, 2.24) is 15.1 Å². The van der Waals surface area contributed by atoms with Crippen molar-refractivity contribution in [2.75, 3.05) is 46.4 Å². The van der Waals surface area contributed by atoms with Gasteiger partial charge in [0.2, 0.25) is 0 Å². The molecular weight excluding hydrogens is 362 g/mol. The molecule has 2 fully saturated rings. The number of hydrogen-bond acceptors (Lipinski definition) is 4. The average molecular weight is 396 g/mol. The first-order valence-electron chi connectivity index (χ1n) is 10.1. The SMILES string of the molecule is COc1ccc(C(=O)N(CCN2CCCCC2)C2CCCNC2)c(C)c1.Cl. The molecular formula is C21H34ClN3O2. The molecule has 2 aliphatic heterocycles. The highest BCUT2D eigenvalue weighted by molar-refractivity contribution is 5.96. The Morgan fingerprint density at radius 1 is 1.26 bits per heavy atom. The molecule has 2 heterocycles. The number of benzene rings is 1. The van der Waals surface area contributed by atoms with Gasteiger partial charge in [-0.2, -0.15) is 0 Å². The third-order valence-corrected chi connectivity index (χ3v) is 5.74. The van der Waals surface area contributed by atoms with Crippen LogP contribution in [0.15, 0.2) is 18.2 Å². The van der Waals surface area contributed by atoms with Crippen LogP contribution in [0.5, 0.6) is 5.75 Å². The van der Waals surface area contributed by atoms with E-state index in [2.05, 4.69) is 15.1 Å². The predicted octanol–water partition coefficient (Wildman–Crippen LogP) is 3.11. The zero-order valence-electron chi connectivity index (χ0n) is 16.7. The van der Waals surface area contributed by atoms with Crippen molar-refractivity contribution in [3.05, 3.63) is 29.3 Å². The maximum atomic E-state index is 13.4. The lowest BCUT2D eigenvalue weighted by molar-refractivity contribution is 0.0612. The molecule has 1 aromatic rings. The number of piperidine rings is 2. The Kier molecular flexibility index (Phi) is 8.87. The minimum atomic E-state index is 0. The van der Waals surface area contributed by atoms with E-state index in [4.69, 9.17) is 4.74 Å². The number of methoxy groups -OCH3 is 1. The van der Waals surface area contributed by atoms with Gasteiger partial charge in [-0.3, -0.25) is 4.79 Å². The summed E-state index contributed by atoms with van der Waals surface area (Å²) in [4.78, 5) is 18.0. The van der Waals surface area contributed by atoms with Crippen molar-refractivity contribution >= 4 is 18.3 Å².